The maximum Gasteiger partial charge on any atom is 0.460 e. The molecule has 2 unspecified atom stereocenters. The highest BCUT2D eigenvalue weighted by molar-refractivity contribution is 8.00. The molecule has 0 saturated carbocycles. The summed E-state index contributed by atoms with van der Waals surface area (Å²) in [5.74, 6) is -123. The number of alkyl halides is 36. The van der Waals surface area contributed by atoms with Gasteiger partial charge in [0, 0.05) is 16.9 Å². The summed E-state index contributed by atoms with van der Waals surface area (Å²) < 4.78 is 489. The van der Waals surface area contributed by atoms with E-state index in [1.54, 1.807) is 0 Å². The first-order chi connectivity index (χ1) is 27.4. The van der Waals surface area contributed by atoms with Crippen molar-refractivity contribution < 1.29 is 163 Å². The Bertz CT molecular complexity index is 1490. The lowest BCUT2D eigenvalue weighted by molar-refractivity contribution is -0.462. The maximum absolute atomic E-state index is 14.3. The summed E-state index contributed by atoms with van der Waals surface area (Å²) in [4.78, 5) is 0. The van der Waals surface area contributed by atoms with Crippen LogP contribution in [0.15, 0.2) is 0 Å². The van der Waals surface area contributed by atoms with Gasteiger partial charge in [-0.2, -0.15) is 149 Å². The molecular formula is C25H14F36OS2. The Morgan fingerprint density at radius 1 is 0.312 bits per heavy atom. The molecule has 0 N–H and O–H groups in total. The van der Waals surface area contributed by atoms with Gasteiger partial charge in [0.1, 0.15) is 0 Å². The largest absolute Gasteiger partial charge is 0.460 e. The molecule has 39 heteroatoms. The fraction of sp³-hybridized carbons (Fsp3) is 1.00. The lowest BCUT2D eigenvalue weighted by atomic mass is 9.88. The van der Waals surface area contributed by atoms with Crippen molar-refractivity contribution in [3.05, 3.63) is 0 Å². The summed E-state index contributed by atoms with van der Waals surface area (Å²) in [7, 11) is 0. The molecule has 0 aromatic carbocycles. The molecule has 0 aromatic heterocycles. The van der Waals surface area contributed by atoms with Crippen molar-refractivity contribution in [1.82, 2.24) is 0 Å². The molecule has 0 amide bonds. The second-order valence-corrected chi connectivity index (χ2v) is 15.4. The third-order valence-corrected chi connectivity index (χ3v) is 11.0. The van der Waals surface area contributed by atoms with Crippen LogP contribution in [0, 0.1) is 5.41 Å². The first-order valence-electron chi connectivity index (χ1n) is 14.9. The molecule has 1 rings (SSSR count). The minimum absolute atomic E-state index is 1.01. The summed E-state index contributed by atoms with van der Waals surface area (Å²) >= 11 is -2.02. The van der Waals surface area contributed by atoms with Crippen LogP contribution in [0.4, 0.5) is 158 Å². The van der Waals surface area contributed by atoms with E-state index in [2.05, 4.69) is 4.74 Å². The highest BCUT2D eigenvalue weighted by Crippen LogP contribution is 2.66. The molecule has 1 saturated heterocycles. The Kier molecular flexibility index (Phi) is 15.7. The van der Waals surface area contributed by atoms with Crippen LogP contribution in [0.3, 0.4) is 0 Å². The number of thioether (sulfide) groups is 2. The fourth-order valence-electron chi connectivity index (χ4n) is 4.30. The Balaban J connectivity index is 3.26. The Hall–Kier alpha value is -1.86. The van der Waals surface area contributed by atoms with E-state index in [-0.39, 0.29) is 0 Å². The van der Waals surface area contributed by atoms with Gasteiger partial charge in [0.05, 0.1) is 26.1 Å². The van der Waals surface area contributed by atoms with Gasteiger partial charge >= 0.3 is 95.3 Å². The van der Waals surface area contributed by atoms with E-state index < -0.39 is 173 Å². The third-order valence-electron chi connectivity index (χ3n) is 8.37. The summed E-state index contributed by atoms with van der Waals surface area (Å²) in [6.45, 7) is -2.25. The Labute approximate surface area is 336 Å². The van der Waals surface area contributed by atoms with E-state index in [0.717, 1.165) is 0 Å². The molecule has 1 fully saturated rings. The van der Waals surface area contributed by atoms with E-state index in [9.17, 15) is 158 Å². The third kappa shape index (κ3) is 8.85. The van der Waals surface area contributed by atoms with Crippen LogP contribution in [-0.2, 0) is 4.74 Å². The maximum atomic E-state index is 14.3. The van der Waals surface area contributed by atoms with Crippen LogP contribution in [0.5, 0.6) is 0 Å². The van der Waals surface area contributed by atoms with E-state index in [1.165, 1.54) is 0 Å². The lowest BCUT2D eigenvalue weighted by Crippen LogP contribution is -2.74. The van der Waals surface area contributed by atoms with Gasteiger partial charge < -0.3 is 4.74 Å². The first kappa shape index (κ1) is 60.2. The molecule has 1 heterocycles. The number of hydrogen-bond acceptors (Lipinski definition) is 3. The van der Waals surface area contributed by atoms with Gasteiger partial charge in [-0.25, -0.2) is 8.78 Å². The van der Waals surface area contributed by atoms with Gasteiger partial charge in [0.2, 0.25) is 0 Å². The normalized spacial score (nSPS) is 19.1. The molecule has 64 heavy (non-hydrogen) atoms. The average Bonchev–Trinajstić information content (AvgIpc) is 3.04. The molecule has 384 valence electrons. The van der Waals surface area contributed by atoms with Gasteiger partial charge in [-0.15, -0.1) is 23.5 Å². The van der Waals surface area contributed by atoms with Gasteiger partial charge in [-0.1, -0.05) is 0 Å². The Morgan fingerprint density at radius 3 is 0.672 bits per heavy atom. The van der Waals surface area contributed by atoms with Crippen molar-refractivity contribution >= 4 is 23.5 Å². The van der Waals surface area contributed by atoms with Crippen LogP contribution in [0.2, 0.25) is 0 Å². The van der Waals surface area contributed by atoms with Crippen LogP contribution in [-0.4, -0.2) is 131 Å². The SMILES string of the molecule is FC(CC(F)(F)C(F)(F)C(F)(F)C(F)(F)C(F)(F)C(F)(F)C(F)(F)C(F)(F)F)SCC1(CSC(F)CC(F)(F)C(F)(F)C(F)(F)C(F)(F)C(F)(F)C(F)(F)C(F)(F)C(F)(F)F)COC1. The van der Waals surface area contributed by atoms with Gasteiger partial charge in [0.15, 0.2) is 11.0 Å². The molecular weight excluding hydrogens is 1060 g/mol. The molecule has 0 aromatic rings. The van der Waals surface area contributed by atoms with Crippen LogP contribution in [0.25, 0.3) is 0 Å². The molecule has 1 aliphatic rings. The Morgan fingerprint density at radius 2 is 0.500 bits per heavy atom. The smallest absolute Gasteiger partial charge is 0.380 e. The van der Waals surface area contributed by atoms with Crippen molar-refractivity contribution in [2.75, 3.05) is 24.7 Å². The number of ether oxygens (including phenoxy) is 1. The zero-order valence-electron chi connectivity index (χ0n) is 28.7. The summed E-state index contributed by atoms with van der Waals surface area (Å²) in [6, 6.07) is 0. The van der Waals surface area contributed by atoms with Crippen molar-refractivity contribution in [3.8, 4) is 0 Å². The molecule has 0 bridgehead atoms. The molecule has 0 radical (unpaired) electrons. The van der Waals surface area contributed by atoms with E-state index in [0.29, 0.717) is 0 Å². The van der Waals surface area contributed by atoms with Gasteiger partial charge in [0.25, 0.3) is 0 Å². The second-order valence-electron chi connectivity index (χ2n) is 13.1. The van der Waals surface area contributed by atoms with Crippen LogP contribution < -0.4 is 0 Å². The second kappa shape index (κ2) is 16.7. The summed E-state index contributed by atoms with van der Waals surface area (Å²) in [6.07, 6.45) is -23.5. The highest BCUT2D eigenvalue weighted by Gasteiger charge is 2.97. The van der Waals surface area contributed by atoms with Crippen LogP contribution in [0.1, 0.15) is 12.8 Å². The minimum Gasteiger partial charge on any atom is -0.380 e. The summed E-state index contributed by atoms with van der Waals surface area (Å²) in [5.41, 5.74) is -10.4. The van der Waals surface area contributed by atoms with Crippen molar-refractivity contribution in [2.45, 2.75) is 119 Å². The quantitative estimate of drug-likeness (QED) is 0.100. The van der Waals surface area contributed by atoms with E-state index in [1.807, 2.05) is 0 Å². The molecule has 2 atom stereocenters. The summed E-state index contributed by atoms with van der Waals surface area (Å²) in [5, 5.41) is 0. The van der Waals surface area contributed by atoms with E-state index in [4.69, 9.17) is 0 Å². The standard InChI is InChI=1S/C25H14F36OS2/c26-7(1-10(28,29)12(32,33)14(36,37)16(40,41)18(44,45)20(48,49)22(52,53)24(56,57)58)63-5-9(3-62-4-9)6-64-8(27)2-11(30,31)13(34,35)15(38,39)17(42,43)19(46,47)21(50,51)23(54,55)25(59,60)61/h7-8H,1-6H2. The molecule has 1 nitrogen and oxygen atoms in total. The van der Waals surface area contributed by atoms with Gasteiger partial charge in [-0.3, -0.25) is 0 Å². The zero-order chi connectivity index (χ0) is 52.0. The van der Waals surface area contributed by atoms with Crippen molar-refractivity contribution in [3.63, 3.8) is 0 Å². The number of halogens is 36. The van der Waals surface area contributed by atoms with E-state index >= 15 is 0 Å². The predicted octanol–water partition coefficient (Wildman–Crippen LogP) is 13.9. The van der Waals surface area contributed by atoms with Crippen molar-refractivity contribution in [1.29, 1.82) is 0 Å². The predicted molar refractivity (Wildman–Crippen MR) is 139 cm³/mol. The fourth-order valence-corrected chi connectivity index (χ4v) is 6.69. The number of hydrogen-bond donors (Lipinski definition) is 0. The van der Waals surface area contributed by atoms with Gasteiger partial charge in [-0.05, 0) is 0 Å². The topological polar surface area (TPSA) is 9.23 Å². The highest BCUT2D eigenvalue weighted by atomic mass is 32.2. The first-order valence-corrected chi connectivity index (χ1v) is 17.0. The molecule has 1 aliphatic heterocycles. The van der Waals surface area contributed by atoms with Crippen LogP contribution >= 0.6 is 23.5 Å². The average molecular weight is 1080 g/mol. The molecule has 0 aliphatic carbocycles. The number of rotatable bonds is 22. The zero-order valence-corrected chi connectivity index (χ0v) is 30.4. The molecule has 0 spiro atoms. The lowest BCUT2D eigenvalue weighted by Gasteiger charge is -2.43. The minimum atomic E-state index is -9.04. The monoisotopic (exact) mass is 1080 g/mol. The van der Waals surface area contributed by atoms with Crippen molar-refractivity contribution in [2.24, 2.45) is 5.41 Å².